The van der Waals surface area contributed by atoms with Gasteiger partial charge < -0.3 is 10.1 Å². The molecule has 0 saturated carbocycles. The van der Waals surface area contributed by atoms with Gasteiger partial charge in [0.25, 0.3) is 5.91 Å². The molecule has 174 valence electrons. The number of rotatable bonds is 11. The van der Waals surface area contributed by atoms with Gasteiger partial charge in [-0.25, -0.2) is 14.3 Å². The van der Waals surface area contributed by atoms with Gasteiger partial charge in [-0.15, -0.1) is 0 Å². The minimum atomic E-state index is -0.290. The Morgan fingerprint density at radius 2 is 1.82 bits per heavy atom. The van der Waals surface area contributed by atoms with Crippen molar-refractivity contribution in [1.29, 1.82) is 0 Å². The van der Waals surface area contributed by atoms with Gasteiger partial charge in [0, 0.05) is 47.8 Å². The first-order chi connectivity index (χ1) is 16.2. The number of esters is 1. The Labute approximate surface area is 200 Å². The first-order valence-corrected chi connectivity index (χ1v) is 13.3. The Bertz CT molecular complexity index is 984. The van der Waals surface area contributed by atoms with Crippen LogP contribution in [0.2, 0.25) is 0 Å². The zero-order valence-corrected chi connectivity index (χ0v) is 19.8. The largest absolute Gasteiger partial charge is 0.464 e. The van der Waals surface area contributed by atoms with Crippen molar-refractivity contribution in [3.8, 4) is 11.6 Å². The van der Waals surface area contributed by atoms with Gasteiger partial charge in [-0.05, 0) is 43.5 Å². The molecule has 4 rings (SSSR count). The lowest BCUT2D eigenvalue weighted by Crippen LogP contribution is -2.28. The van der Waals surface area contributed by atoms with Crippen LogP contribution in [0.1, 0.15) is 42.5 Å². The highest BCUT2D eigenvalue weighted by atomic mass is 33.1. The van der Waals surface area contributed by atoms with E-state index < -0.39 is 0 Å². The number of hydrogen-bond acceptors (Lipinski definition) is 8. The molecule has 0 unspecified atom stereocenters. The number of carbonyl (C=O) groups is 2. The number of unbranched alkanes of at least 4 members (excludes halogenated alkanes) is 1. The number of pyridine rings is 1. The van der Waals surface area contributed by atoms with E-state index in [9.17, 15) is 9.59 Å². The third-order valence-electron chi connectivity index (χ3n) is 5.07. The molecule has 4 heterocycles. The van der Waals surface area contributed by atoms with Crippen molar-refractivity contribution in [3.63, 3.8) is 0 Å². The third kappa shape index (κ3) is 6.84. The van der Waals surface area contributed by atoms with Gasteiger partial charge in [0.15, 0.2) is 11.6 Å². The summed E-state index contributed by atoms with van der Waals surface area (Å²) < 4.78 is 8.42. The SMILES string of the molecule is O=C(CCCC[C@@H]1CCSS1)OCCNC(=O)c1cc(-n2cccn2)nc(-n2cccn2)c1. The lowest BCUT2D eigenvalue weighted by atomic mass is 10.1. The second kappa shape index (κ2) is 11.9. The molecular weight excluding hydrogens is 460 g/mol. The Kier molecular flexibility index (Phi) is 8.42. The van der Waals surface area contributed by atoms with Crippen molar-refractivity contribution in [2.75, 3.05) is 18.9 Å². The van der Waals surface area contributed by atoms with Gasteiger partial charge in [0.05, 0.1) is 6.54 Å². The number of nitrogens with zero attached hydrogens (tertiary/aromatic N) is 5. The summed E-state index contributed by atoms with van der Waals surface area (Å²) in [5, 5.41) is 11.9. The molecule has 0 aliphatic carbocycles. The summed E-state index contributed by atoms with van der Waals surface area (Å²) in [4.78, 5) is 29.2. The number of carbonyl (C=O) groups excluding carboxylic acids is 2. The average Bonchev–Trinajstić information content (AvgIpc) is 3.62. The van der Waals surface area contributed by atoms with Crippen LogP contribution < -0.4 is 5.32 Å². The highest BCUT2D eigenvalue weighted by Crippen LogP contribution is 2.39. The number of amides is 1. The van der Waals surface area contributed by atoms with E-state index in [1.165, 1.54) is 12.2 Å². The fraction of sp³-hybridized carbons (Fsp3) is 0.409. The standard InChI is InChI=1S/C22H26N6O3S2/c29-21(6-2-1-5-18-7-14-32-33-18)31-13-10-23-22(30)17-15-19(27-11-3-8-24-27)26-20(16-17)28-12-4-9-25-28/h3-4,8-9,11-12,15-16,18H,1-2,5-7,10,13-14H2,(H,23,30)/t18-/m1/s1. The van der Waals surface area contributed by atoms with Gasteiger partial charge in [0.1, 0.15) is 6.61 Å². The second-order valence-electron chi connectivity index (χ2n) is 7.52. The molecule has 1 N–H and O–H groups in total. The third-order valence-corrected chi connectivity index (χ3v) is 8.08. The summed E-state index contributed by atoms with van der Waals surface area (Å²) in [6.45, 7) is 0.375. The summed E-state index contributed by atoms with van der Waals surface area (Å²) in [5.41, 5.74) is 0.412. The van der Waals surface area contributed by atoms with Crippen molar-refractivity contribution in [1.82, 2.24) is 29.9 Å². The molecule has 1 aliphatic rings. The Morgan fingerprint density at radius 1 is 1.09 bits per heavy atom. The molecule has 1 atom stereocenters. The molecule has 1 aliphatic heterocycles. The van der Waals surface area contributed by atoms with Gasteiger partial charge in [0.2, 0.25) is 0 Å². The molecule has 0 aromatic carbocycles. The molecule has 0 radical (unpaired) electrons. The summed E-state index contributed by atoms with van der Waals surface area (Å²) in [5.74, 6) is 1.72. The Hall–Kier alpha value is -2.79. The predicted octanol–water partition coefficient (Wildman–Crippen LogP) is 3.44. The van der Waals surface area contributed by atoms with Gasteiger partial charge >= 0.3 is 5.97 Å². The first kappa shape index (κ1) is 23.4. The quantitative estimate of drug-likeness (QED) is 0.250. The minimum absolute atomic E-state index is 0.142. The summed E-state index contributed by atoms with van der Waals surface area (Å²) >= 11 is 0. The number of aromatic nitrogens is 5. The summed E-state index contributed by atoms with van der Waals surface area (Å²) in [7, 11) is 3.90. The van der Waals surface area contributed by atoms with Crippen LogP contribution in [-0.2, 0) is 9.53 Å². The van der Waals surface area contributed by atoms with E-state index in [1.807, 2.05) is 21.6 Å². The maximum atomic E-state index is 12.7. The fourth-order valence-corrected chi connectivity index (χ4v) is 6.41. The van der Waals surface area contributed by atoms with Crippen LogP contribution in [0.3, 0.4) is 0 Å². The number of ether oxygens (including phenoxy) is 1. The van der Waals surface area contributed by atoms with Crippen molar-refractivity contribution < 1.29 is 14.3 Å². The Morgan fingerprint density at radius 3 is 2.42 bits per heavy atom. The van der Waals surface area contributed by atoms with Crippen molar-refractivity contribution >= 4 is 33.5 Å². The maximum absolute atomic E-state index is 12.7. The van der Waals surface area contributed by atoms with Crippen LogP contribution >= 0.6 is 21.6 Å². The van der Waals surface area contributed by atoms with Crippen LogP contribution in [-0.4, -0.2) is 60.6 Å². The maximum Gasteiger partial charge on any atom is 0.305 e. The van der Waals surface area contributed by atoms with Crippen molar-refractivity contribution in [2.24, 2.45) is 0 Å². The molecule has 0 bridgehead atoms. The van der Waals surface area contributed by atoms with Crippen LogP contribution in [0.5, 0.6) is 0 Å². The van der Waals surface area contributed by atoms with Crippen LogP contribution in [0.25, 0.3) is 11.6 Å². The summed E-state index contributed by atoms with van der Waals surface area (Å²) in [6.07, 6.45) is 11.5. The van der Waals surface area contributed by atoms with Crippen LogP contribution in [0.4, 0.5) is 0 Å². The van der Waals surface area contributed by atoms with E-state index in [0.717, 1.165) is 24.5 Å². The van der Waals surface area contributed by atoms with Crippen LogP contribution in [0.15, 0.2) is 49.1 Å². The van der Waals surface area contributed by atoms with Gasteiger partial charge in [-0.1, -0.05) is 28.0 Å². The smallest absolute Gasteiger partial charge is 0.305 e. The Balaban J connectivity index is 1.24. The predicted molar refractivity (Wildman–Crippen MR) is 129 cm³/mol. The zero-order valence-electron chi connectivity index (χ0n) is 18.1. The highest BCUT2D eigenvalue weighted by Gasteiger charge is 2.16. The van der Waals surface area contributed by atoms with Crippen molar-refractivity contribution in [3.05, 3.63) is 54.6 Å². The molecule has 1 saturated heterocycles. The fourth-order valence-electron chi connectivity index (χ4n) is 3.39. The lowest BCUT2D eigenvalue weighted by Gasteiger charge is -2.10. The molecule has 1 amide bonds. The summed E-state index contributed by atoms with van der Waals surface area (Å²) in [6, 6.07) is 6.87. The van der Waals surface area contributed by atoms with Gasteiger partial charge in [-0.2, -0.15) is 10.2 Å². The monoisotopic (exact) mass is 486 g/mol. The number of nitrogens with one attached hydrogen (secondary N) is 1. The average molecular weight is 487 g/mol. The van der Waals surface area contributed by atoms with Crippen molar-refractivity contribution in [2.45, 2.75) is 37.4 Å². The van der Waals surface area contributed by atoms with E-state index in [-0.39, 0.29) is 25.0 Å². The topological polar surface area (TPSA) is 104 Å². The van der Waals surface area contributed by atoms with E-state index in [2.05, 4.69) is 20.5 Å². The zero-order chi connectivity index (χ0) is 22.9. The molecule has 3 aromatic heterocycles. The first-order valence-electron chi connectivity index (χ1n) is 10.9. The molecule has 9 nitrogen and oxygen atoms in total. The van der Waals surface area contributed by atoms with Gasteiger partial charge in [-0.3, -0.25) is 9.59 Å². The highest BCUT2D eigenvalue weighted by molar-refractivity contribution is 8.77. The molecule has 11 heteroatoms. The minimum Gasteiger partial charge on any atom is -0.464 e. The lowest BCUT2D eigenvalue weighted by molar-refractivity contribution is -0.143. The second-order valence-corrected chi connectivity index (χ2v) is 10.3. The molecule has 1 fully saturated rings. The molecule has 3 aromatic rings. The molecule has 33 heavy (non-hydrogen) atoms. The van der Waals surface area contributed by atoms with E-state index in [1.54, 1.807) is 58.4 Å². The van der Waals surface area contributed by atoms with E-state index in [0.29, 0.717) is 23.6 Å². The molecular formula is C22H26N6O3S2. The van der Waals surface area contributed by atoms with Crippen LogP contribution in [0, 0.1) is 0 Å². The normalized spacial score (nSPS) is 15.5. The van der Waals surface area contributed by atoms with E-state index in [4.69, 9.17) is 4.74 Å². The van der Waals surface area contributed by atoms with E-state index >= 15 is 0 Å². The molecule has 0 spiro atoms. The number of hydrogen-bond donors (Lipinski definition) is 1.